The average molecular weight is 328 g/mol. The molecule has 0 aromatic rings. The minimum Gasteiger partial charge on any atom is -0.396 e. The highest BCUT2D eigenvalue weighted by Gasteiger charge is 2.61. The summed E-state index contributed by atoms with van der Waals surface area (Å²) in [5.41, 5.74) is -0.859. The van der Waals surface area contributed by atoms with Gasteiger partial charge in [-0.05, 0) is 20.3 Å². The van der Waals surface area contributed by atoms with Gasteiger partial charge in [0.05, 0.1) is 43.4 Å². The van der Waals surface area contributed by atoms with Gasteiger partial charge in [0, 0.05) is 12.5 Å². The normalized spacial score (nSPS) is 38.3. The van der Waals surface area contributed by atoms with Gasteiger partial charge in [0.2, 0.25) is 0 Å². The van der Waals surface area contributed by atoms with Crippen molar-refractivity contribution in [2.24, 2.45) is 17.8 Å². The largest absolute Gasteiger partial charge is 0.396 e. The predicted octanol–water partition coefficient (Wildman–Crippen LogP) is 0.292. The molecule has 7 atom stereocenters. The van der Waals surface area contributed by atoms with Crippen LogP contribution in [0.2, 0.25) is 0 Å². The maximum atomic E-state index is 12.6. The topological polar surface area (TPSA) is 99.5 Å². The van der Waals surface area contributed by atoms with Crippen LogP contribution in [-0.4, -0.2) is 64.8 Å². The number of carbonyl (C=O) groups is 1. The third-order valence-corrected chi connectivity index (χ3v) is 5.08. The molecule has 0 spiro atoms. The summed E-state index contributed by atoms with van der Waals surface area (Å²) in [6.45, 7) is 5.72. The van der Waals surface area contributed by atoms with Crippen molar-refractivity contribution in [2.75, 3.05) is 19.8 Å². The molecule has 0 amide bonds. The van der Waals surface area contributed by atoms with Gasteiger partial charge in [-0.15, -0.1) is 0 Å². The fraction of sp³-hybridized carbons (Fsp3) is 0.824. The first-order chi connectivity index (χ1) is 10.9. The third kappa shape index (κ3) is 3.67. The Morgan fingerprint density at radius 2 is 2.17 bits per heavy atom. The monoisotopic (exact) mass is 328 g/mol. The Labute approximate surface area is 137 Å². The van der Waals surface area contributed by atoms with Gasteiger partial charge in [-0.2, -0.15) is 0 Å². The van der Waals surface area contributed by atoms with Crippen molar-refractivity contribution < 1.29 is 29.6 Å². The van der Waals surface area contributed by atoms with Crippen molar-refractivity contribution in [3.63, 3.8) is 0 Å². The lowest BCUT2D eigenvalue weighted by Gasteiger charge is -2.32. The van der Waals surface area contributed by atoms with Gasteiger partial charge in [0.15, 0.2) is 0 Å². The van der Waals surface area contributed by atoms with Gasteiger partial charge < -0.3 is 24.8 Å². The second kappa shape index (κ2) is 7.40. The molecular weight excluding hydrogens is 300 g/mol. The van der Waals surface area contributed by atoms with Crippen molar-refractivity contribution >= 4 is 5.78 Å². The summed E-state index contributed by atoms with van der Waals surface area (Å²) >= 11 is 0. The zero-order chi connectivity index (χ0) is 17.2. The number of hydrogen-bond donors (Lipinski definition) is 3. The van der Waals surface area contributed by atoms with Crippen molar-refractivity contribution in [2.45, 2.75) is 51.1 Å². The number of aliphatic hydroxyl groups is 3. The highest BCUT2D eigenvalue weighted by Crippen LogP contribution is 2.46. The molecule has 0 aliphatic carbocycles. The maximum absolute atomic E-state index is 12.6. The summed E-state index contributed by atoms with van der Waals surface area (Å²) in [5, 5.41) is 30.3. The number of carbonyl (C=O) groups excluding carboxylic acids is 1. The van der Waals surface area contributed by atoms with Crippen LogP contribution in [0.5, 0.6) is 0 Å². The first-order valence-corrected chi connectivity index (χ1v) is 8.25. The molecule has 6 heteroatoms. The van der Waals surface area contributed by atoms with Crippen molar-refractivity contribution in [1.29, 1.82) is 0 Å². The molecule has 2 rings (SSSR count). The molecule has 3 N–H and O–H groups in total. The Balaban J connectivity index is 2.07. The fourth-order valence-electron chi connectivity index (χ4n) is 3.53. The number of hydrogen-bond acceptors (Lipinski definition) is 6. The van der Waals surface area contributed by atoms with Gasteiger partial charge in [-0.3, -0.25) is 4.79 Å². The summed E-state index contributed by atoms with van der Waals surface area (Å²) in [6.07, 6.45) is 2.19. The molecule has 2 aliphatic rings. The lowest BCUT2D eigenvalue weighted by molar-refractivity contribution is -0.145. The number of Topliss-reactive ketones (excluding diaryl/α,β-unsaturated/α-hetero) is 1. The summed E-state index contributed by atoms with van der Waals surface area (Å²) in [6, 6.07) is 0. The van der Waals surface area contributed by atoms with Crippen LogP contribution in [0, 0.1) is 17.8 Å². The van der Waals surface area contributed by atoms with Gasteiger partial charge >= 0.3 is 0 Å². The second-order valence-corrected chi connectivity index (χ2v) is 6.78. The van der Waals surface area contributed by atoms with E-state index in [0.717, 1.165) is 0 Å². The van der Waals surface area contributed by atoms with Crippen molar-refractivity contribution in [3.05, 3.63) is 12.2 Å². The van der Waals surface area contributed by atoms with Gasteiger partial charge in [-0.25, -0.2) is 0 Å². The Morgan fingerprint density at radius 3 is 2.74 bits per heavy atom. The van der Waals surface area contributed by atoms with Crippen LogP contribution >= 0.6 is 0 Å². The lowest BCUT2D eigenvalue weighted by atomic mass is 9.79. The molecule has 2 saturated heterocycles. The molecule has 23 heavy (non-hydrogen) atoms. The highest BCUT2D eigenvalue weighted by atomic mass is 16.6. The number of allylic oxidation sites excluding steroid dienone is 1. The number of rotatable bonds is 7. The predicted molar refractivity (Wildman–Crippen MR) is 83.8 cm³/mol. The minimum atomic E-state index is -1.12. The molecule has 132 valence electrons. The van der Waals surface area contributed by atoms with Crippen LogP contribution < -0.4 is 0 Å². The summed E-state index contributed by atoms with van der Waals surface area (Å²) in [7, 11) is 0. The van der Waals surface area contributed by atoms with Crippen LogP contribution in [0.1, 0.15) is 27.2 Å². The van der Waals surface area contributed by atoms with E-state index in [2.05, 4.69) is 0 Å². The van der Waals surface area contributed by atoms with E-state index in [1.807, 2.05) is 26.0 Å². The minimum absolute atomic E-state index is 0.109. The Kier molecular flexibility index (Phi) is 5.97. The quantitative estimate of drug-likeness (QED) is 0.459. The van der Waals surface area contributed by atoms with E-state index in [4.69, 9.17) is 9.47 Å². The molecule has 0 saturated carbocycles. The number of ketones is 1. The number of ether oxygens (including phenoxy) is 2. The second-order valence-electron chi connectivity index (χ2n) is 6.78. The van der Waals surface area contributed by atoms with E-state index in [1.165, 1.54) is 0 Å². The number of epoxide rings is 1. The van der Waals surface area contributed by atoms with Gasteiger partial charge in [-0.1, -0.05) is 19.1 Å². The SMILES string of the molecule is C/C=C\[C@H](C)[C@H]1O[C@]1(C)[C@@H](O)[C@@H](CO)C(=O)[C@H]1COCC[C@@H]1O. The van der Waals surface area contributed by atoms with Gasteiger partial charge in [0.25, 0.3) is 0 Å². The van der Waals surface area contributed by atoms with E-state index in [-0.39, 0.29) is 24.4 Å². The Hall–Kier alpha value is -0.790. The van der Waals surface area contributed by atoms with E-state index >= 15 is 0 Å². The summed E-state index contributed by atoms with van der Waals surface area (Å²) in [4.78, 5) is 12.6. The number of aliphatic hydroxyl groups excluding tert-OH is 3. The van der Waals surface area contributed by atoms with E-state index < -0.39 is 36.3 Å². The molecule has 2 heterocycles. The zero-order valence-corrected chi connectivity index (χ0v) is 14.0. The maximum Gasteiger partial charge on any atom is 0.148 e. The van der Waals surface area contributed by atoms with E-state index in [9.17, 15) is 20.1 Å². The first-order valence-electron chi connectivity index (χ1n) is 8.25. The molecule has 0 radical (unpaired) electrons. The molecule has 0 aromatic heterocycles. The van der Waals surface area contributed by atoms with Crippen LogP contribution in [0.3, 0.4) is 0 Å². The van der Waals surface area contributed by atoms with Crippen LogP contribution in [0.15, 0.2) is 12.2 Å². The average Bonchev–Trinajstić information content (AvgIpc) is 3.22. The van der Waals surface area contributed by atoms with E-state index in [0.29, 0.717) is 13.0 Å². The van der Waals surface area contributed by atoms with Gasteiger partial charge in [0.1, 0.15) is 11.4 Å². The van der Waals surface area contributed by atoms with Crippen LogP contribution in [0.4, 0.5) is 0 Å². The molecule has 6 nitrogen and oxygen atoms in total. The Morgan fingerprint density at radius 1 is 1.48 bits per heavy atom. The lowest BCUT2D eigenvalue weighted by Crippen LogP contribution is -2.48. The molecule has 2 fully saturated rings. The van der Waals surface area contributed by atoms with Crippen LogP contribution in [0.25, 0.3) is 0 Å². The standard InChI is InChI=1S/C17H28O6/c1-4-5-10(2)16-17(3,23-16)15(21)11(8-18)14(20)12-9-22-7-6-13(12)19/h4-5,10-13,15-16,18-19,21H,6-9H2,1-3H3/b5-4-/t10-,11-,12-,13-,15-,16+,17+/m0/s1. The third-order valence-electron chi connectivity index (χ3n) is 5.08. The summed E-state index contributed by atoms with van der Waals surface area (Å²) < 4.78 is 10.9. The smallest absolute Gasteiger partial charge is 0.148 e. The molecular formula is C17H28O6. The fourth-order valence-corrected chi connectivity index (χ4v) is 3.53. The highest BCUT2D eigenvalue weighted by molar-refractivity contribution is 5.85. The molecule has 0 aromatic carbocycles. The Bertz CT molecular complexity index is 450. The van der Waals surface area contributed by atoms with Crippen LogP contribution in [-0.2, 0) is 14.3 Å². The molecule has 0 bridgehead atoms. The molecule has 2 aliphatic heterocycles. The van der Waals surface area contributed by atoms with E-state index in [1.54, 1.807) is 6.92 Å². The molecule has 0 unspecified atom stereocenters. The first kappa shape index (κ1) is 18.5. The zero-order valence-electron chi connectivity index (χ0n) is 14.0. The van der Waals surface area contributed by atoms with Crippen molar-refractivity contribution in [1.82, 2.24) is 0 Å². The van der Waals surface area contributed by atoms with Crippen molar-refractivity contribution in [3.8, 4) is 0 Å². The summed E-state index contributed by atoms with van der Waals surface area (Å²) in [5.74, 6) is -1.94.